The van der Waals surface area contributed by atoms with Gasteiger partial charge in [0.2, 0.25) is 5.91 Å². The molecular formula is C14H30N2O. The molecule has 0 radical (unpaired) electrons. The minimum Gasteiger partial charge on any atom is -0.353 e. The molecule has 0 aromatic rings. The van der Waals surface area contributed by atoms with Crippen LogP contribution in [0.5, 0.6) is 0 Å². The maximum Gasteiger partial charge on any atom is 0.224 e. The van der Waals surface area contributed by atoms with Crippen LogP contribution in [0.1, 0.15) is 53.9 Å². The van der Waals surface area contributed by atoms with Crippen LogP contribution in [0.3, 0.4) is 0 Å². The molecule has 3 nitrogen and oxygen atoms in total. The summed E-state index contributed by atoms with van der Waals surface area (Å²) in [5.41, 5.74) is 0. The molecule has 102 valence electrons. The van der Waals surface area contributed by atoms with Crippen LogP contribution in [0, 0.1) is 5.92 Å². The van der Waals surface area contributed by atoms with Gasteiger partial charge >= 0.3 is 0 Å². The molecule has 1 N–H and O–H groups in total. The first-order chi connectivity index (χ1) is 7.97. The fourth-order valence-corrected chi connectivity index (χ4v) is 2.03. The Hall–Kier alpha value is -0.570. The van der Waals surface area contributed by atoms with Crippen molar-refractivity contribution in [3.05, 3.63) is 0 Å². The Morgan fingerprint density at radius 1 is 1.24 bits per heavy atom. The minimum absolute atomic E-state index is 0.0638. The van der Waals surface area contributed by atoms with Gasteiger partial charge in [-0.15, -0.1) is 0 Å². The molecular weight excluding hydrogens is 212 g/mol. The number of hydrogen-bond acceptors (Lipinski definition) is 2. The molecule has 0 aromatic carbocycles. The molecule has 0 saturated carbocycles. The number of nitrogens with zero attached hydrogens (tertiary/aromatic N) is 1. The SMILES string of the molecule is CCCC(C(C)C(=O)NC(C)CC)N(C)CC. The Labute approximate surface area is 107 Å². The number of hydrogen-bond donors (Lipinski definition) is 1. The largest absolute Gasteiger partial charge is 0.353 e. The van der Waals surface area contributed by atoms with E-state index in [0.717, 1.165) is 25.8 Å². The number of amides is 1. The van der Waals surface area contributed by atoms with E-state index in [9.17, 15) is 4.79 Å². The van der Waals surface area contributed by atoms with E-state index in [1.54, 1.807) is 0 Å². The van der Waals surface area contributed by atoms with Gasteiger partial charge < -0.3 is 10.2 Å². The molecule has 17 heavy (non-hydrogen) atoms. The molecule has 0 aromatic heterocycles. The van der Waals surface area contributed by atoms with E-state index in [0.29, 0.717) is 6.04 Å². The molecule has 3 heteroatoms. The lowest BCUT2D eigenvalue weighted by Crippen LogP contribution is -2.46. The lowest BCUT2D eigenvalue weighted by molar-refractivity contribution is -0.127. The van der Waals surface area contributed by atoms with Gasteiger partial charge in [-0.1, -0.05) is 34.1 Å². The average molecular weight is 242 g/mol. The summed E-state index contributed by atoms with van der Waals surface area (Å²) in [5, 5.41) is 3.08. The normalized spacial score (nSPS) is 16.6. The van der Waals surface area contributed by atoms with Crippen LogP contribution >= 0.6 is 0 Å². The van der Waals surface area contributed by atoms with E-state index in [4.69, 9.17) is 0 Å². The highest BCUT2D eigenvalue weighted by molar-refractivity contribution is 5.79. The number of rotatable bonds is 8. The van der Waals surface area contributed by atoms with Crippen LogP contribution in [0.4, 0.5) is 0 Å². The lowest BCUT2D eigenvalue weighted by atomic mass is 9.95. The Morgan fingerprint density at radius 2 is 1.82 bits per heavy atom. The zero-order valence-electron chi connectivity index (χ0n) is 12.4. The maximum absolute atomic E-state index is 12.1. The van der Waals surface area contributed by atoms with Gasteiger partial charge in [-0.25, -0.2) is 0 Å². The zero-order valence-corrected chi connectivity index (χ0v) is 12.4. The van der Waals surface area contributed by atoms with Crippen molar-refractivity contribution >= 4 is 5.91 Å². The monoisotopic (exact) mass is 242 g/mol. The van der Waals surface area contributed by atoms with Crippen molar-refractivity contribution < 1.29 is 4.79 Å². The highest BCUT2D eigenvalue weighted by atomic mass is 16.2. The van der Waals surface area contributed by atoms with E-state index in [1.165, 1.54) is 0 Å². The maximum atomic E-state index is 12.1. The van der Waals surface area contributed by atoms with Gasteiger partial charge in [0.05, 0.1) is 5.92 Å². The van der Waals surface area contributed by atoms with Crippen LogP contribution in [0.2, 0.25) is 0 Å². The van der Waals surface area contributed by atoms with Crippen molar-refractivity contribution in [1.82, 2.24) is 10.2 Å². The smallest absolute Gasteiger partial charge is 0.224 e. The van der Waals surface area contributed by atoms with Gasteiger partial charge in [0.15, 0.2) is 0 Å². The van der Waals surface area contributed by atoms with E-state index in [1.807, 2.05) is 6.92 Å². The summed E-state index contributed by atoms with van der Waals surface area (Å²) in [7, 11) is 2.10. The van der Waals surface area contributed by atoms with Crippen LogP contribution in [-0.2, 0) is 4.79 Å². The Kier molecular flexibility index (Phi) is 8.23. The van der Waals surface area contributed by atoms with Crippen molar-refractivity contribution in [3.8, 4) is 0 Å². The molecule has 0 saturated heterocycles. The molecule has 0 bridgehead atoms. The van der Waals surface area contributed by atoms with Gasteiger partial charge in [-0.3, -0.25) is 4.79 Å². The summed E-state index contributed by atoms with van der Waals surface area (Å²) in [6.45, 7) is 11.5. The molecule has 3 atom stereocenters. The number of carbonyl (C=O) groups is 1. The standard InChI is InChI=1S/C14H30N2O/c1-7-10-13(16(6)9-3)12(5)14(17)15-11(4)8-2/h11-13H,7-10H2,1-6H3,(H,15,17). The second kappa shape index (κ2) is 8.51. The first kappa shape index (κ1) is 16.4. The zero-order chi connectivity index (χ0) is 13.4. The second-order valence-electron chi connectivity index (χ2n) is 5.04. The number of nitrogens with one attached hydrogen (secondary N) is 1. The fraction of sp³-hybridized carbons (Fsp3) is 0.929. The molecule has 3 unspecified atom stereocenters. The van der Waals surface area contributed by atoms with Crippen molar-refractivity contribution in [2.45, 2.75) is 66.0 Å². The summed E-state index contributed by atoms with van der Waals surface area (Å²) < 4.78 is 0. The van der Waals surface area contributed by atoms with E-state index < -0.39 is 0 Å². The molecule has 0 aliphatic rings. The van der Waals surface area contributed by atoms with E-state index >= 15 is 0 Å². The van der Waals surface area contributed by atoms with Crippen LogP contribution in [0.15, 0.2) is 0 Å². The Morgan fingerprint density at radius 3 is 2.24 bits per heavy atom. The molecule has 1 amide bonds. The summed E-state index contributed by atoms with van der Waals surface area (Å²) in [4.78, 5) is 14.4. The third-order valence-corrected chi connectivity index (χ3v) is 3.64. The molecule has 0 spiro atoms. The van der Waals surface area contributed by atoms with Gasteiger partial charge in [0, 0.05) is 12.1 Å². The highest BCUT2D eigenvalue weighted by Crippen LogP contribution is 2.16. The van der Waals surface area contributed by atoms with Gasteiger partial charge in [-0.2, -0.15) is 0 Å². The van der Waals surface area contributed by atoms with E-state index in [-0.39, 0.29) is 17.9 Å². The van der Waals surface area contributed by atoms with E-state index in [2.05, 4.69) is 45.0 Å². The Balaban J connectivity index is 4.48. The molecule has 0 heterocycles. The summed E-state index contributed by atoms with van der Waals surface area (Å²) in [6.07, 6.45) is 3.19. The van der Waals surface area contributed by atoms with Crippen molar-refractivity contribution in [1.29, 1.82) is 0 Å². The topological polar surface area (TPSA) is 32.3 Å². The summed E-state index contributed by atoms with van der Waals surface area (Å²) >= 11 is 0. The molecule has 0 rings (SSSR count). The third kappa shape index (κ3) is 5.53. The average Bonchev–Trinajstić information content (AvgIpc) is 2.33. The highest BCUT2D eigenvalue weighted by Gasteiger charge is 2.26. The quantitative estimate of drug-likeness (QED) is 0.709. The molecule has 0 aliphatic carbocycles. The van der Waals surface area contributed by atoms with Crippen molar-refractivity contribution in [2.24, 2.45) is 5.92 Å². The second-order valence-corrected chi connectivity index (χ2v) is 5.04. The first-order valence-electron chi connectivity index (χ1n) is 6.98. The Bertz CT molecular complexity index is 218. The van der Waals surface area contributed by atoms with Crippen molar-refractivity contribution in [2.75, 3.05) is 13.6 Å². The minimum atomic E-state index is 0.0638. The lowest BCUT2D eigenvalue weighted by Gasteiger charge is -2.31. The first-order valence-corrected chi connectivity index (χ1v) is 6.98. The molecule has 0 aliphatic heterocycles. The predicted molar refractivity (Wildman–Crippen MR) is 74.1 cm³/mol. The summed E-state index contributed by atoms with van der Waals surface area (Å²) in [6, 6.07) is 0.633. The predicted octanol–water partition coefficient (Wildman–Crippen LogP) is 2.66. The number of carbonyl (C=O) groups excluding carboxylic acids is 1. The third-order valence-electron chi connectivity index (χ3n) is 3.64. The van der Waals surface area contributed by atoms with Crippen molar-refractivity contribution in [3.63, 3.8) is 0 Å². The van der Waals surface area contributed by atoms with Gasteiger partial charge in [-0.05, 0) is 33.4 Å². The van der Waals surface area contributed by atoms with Gasteiger partial charge in [0.25, 0.3) is 0 Å². The van der Waals surface area contributed by atoms with Gasteiger partial charge in [0.1, 0.15) is 0 Å². The summed E-state index contributed by atoms with van der Waals surface area (Å²) in [5.74, 6) is 0.256. The molecule has 0 fully saturated rings. The van der Waals surface area contributed by atoms with Crippen LogP contribution in [-0.4, -0.2) is 36.5 Å². The van der Waals surface area contributed by atoms with Crippen LogP contribution in [0.25, 0.3) is 0 Å². The van der Waals surface area contributed by atoms with Crippen LogP contribution < -0.4 is 5.32 Å². The fourth-order valence-electron chi connectivity index (χ4n) is 2.03.